The molecular weight excluding hydrogens is 250 g/mol. The van der Waals surface area contributed by atoms with Crippen LogP contribution in [0.15, 0.2) is 0 Å². The molecule has 1 aliphatic heterocycles. The van der Waals surface area contributed by atoms with E-state index in [1.807, 2.05) is 0 Å². The molecule has 0 N–H and O–H groups in total. The Balaban J connectivity index is 2.41. The summed E-state index contributed by atoms with van der Waals surface area (Å²) in [4.78, 5) is 13.3. The Bertz CT molecular complexity index is 196. The first-order valence-electron chi connectivity index (χ1n) is 4.60. The Kier molecular flexibility index (Phi) is 4.84. The van der Waals surface area contributed by atoms with Gasteiger partial charge in [-0.1, -0.05) is 15.9 Å². The summed E-state index contributed by atoms with van der Waals surface area (Å²) in [6.45, 7) is 1.32. The van der Waals surface area contributed by atoms with E-state index in [9.17, 15) is 4.79 Å². The Morgan fingerprint density at radius 2 is 2.21 bits per heavy atom. The summed E-state index contributed by atoms with van der Waals surface area (Å²) in [5.41, 5.74) is 0. The highest BCUT2D eigenvalue weighted by Gasteiger charge is 2.30. The van der Waals surface area contributed by atoms with Gasteiger partial charge >= 0.3 is 0 Å². The minimum Gasteiger partial charge on any atom is -0.354 e. The first kappa shape index (κ1) is 11.9. The van der Waals surface area contributed by atoms with Gasteiger partial charge in [0.05, 0.1) is 6.54 Å². The number of nitrogens with zero attached hydrogens (tertiary/aromatic N) is 1. The van der Waals surface area contributed by atoms with Crippen LogP contribution in [0.5, 0.6) is 0 Å². The van der Waals surface area contributed by atoms with Crippen molar-refractivity contribution in [3.05, 3.63) is 0 Å². The third kappa shape index (κ3) is 2.93. The maximum absolute atomic E-state index is 11.5. The predicted molar refractivity (Wildman–Crippen MR) is 56.3 cm³/mol. The first-order valence-corrected chi connectivity index (χ1v) is 5.72. The van der Waals surface area contributed by atoms with Crippen molar-refractivity contribution in [1.82, 2.24) is 4.90 Å². The smallest absolute Gasteiger partial charge is 0.223 e. The van der Waals surface area contributed by atoms with Crippen molar-refractivity contribution >= 4 is 21.8 Å². The highest BCUT2D eigenvalue weighted by atomic mass is 79.9. The lowest BCUT2D eigenvalue weighted by Gasteiger charge is -2.21. The van der Waals surface area contributed by atoms with E-state index in [1.54, 1.807) is 19.1 Å². The van der Waals surface area contributed by atoms with Crippen molar-refractivity contribution in [3.63, 3.8) is 0 Å². The van der Waals surface area contributed by atoms with Crippen LogP contribution < -0.4 is 0 Å². The van der Waals surface area contributed by atoms with E-state index < -0.39 is 0 Å². The number of halogens is 1. The molecule has 0 bridgehead atoms. The lowest BCUT2D eigenvalue weighted by molar-refractivity contribution is -0.141. The lowest BCUT2D eigenvalue weighted by Crippen LogP contribution is -2.35. The van der Waals surface area contributed by atoms with E-state index in [2.05, 4.69) is 15.9 Å². The number of carbonyl (C=O) groups excluding carboxylic acids is 1. The number of hydrogen-bond donors (Lipinski definition) is 0. The molecule has 1 rings (SSSR count). The van der Waals surface area contributed by atoms with Gasteiger partial charge in [-0.05, 0) is 5.92 Å². The molecule has 0 aliphatic carbocycles. The largest absolute Gasteiger partial charge is 0.354 e. The molecule has 1 aliphatic rings. The maximum Gasteiger partial charge on any atom is 0.223 e. The molecular formula is C9H16BrNO3. The molecule has 1 amide bonds. The summed E-state index contributed by atoms with van der Waals surface area (Å²) < 4.78 is 10.1. The molecule has 0 aromatic rings. The third-order valence-electron chi connectivity index (χ3n) is 2.41. The van der Waals surface area contributed by atoms with Crippen LogP contribution in [0.2, 0.25) is 0 Å². The van der Waals surface area contributed by atoms with Crippen molar-refractivity contribution in [2.24, 2.45) is 5.92 Å². The summed E-state index contributed by atoms with van der Waals surface area (Å²) in [7, 11) is 3.16. The minimum absolute atomic E-state index is 0.188. The Labute approximate surface area is 92.7 Å². The van der Waals surface area contributed by atoms with Gasteiger partial charge in [0.1, 0.15) is 0 Å². The maximum atomic E-state index is 11.5. The molecule has 1 atom stereocenters. The zero-order chi connectivity index (χ0) is 10.6. The summed E-state index contributed by atoms with van der Waals surface area (Å²) in [6, 6.07) is 0. The fraction of sp³-hybridized carbons (Fsp3) is 0.889. The van der Waals surface area contributed by atoms with Crippen molar-refractivity contribution in [1.29, 1.82) is 0 Å². The number of alkyl halides is 1. The van der Waals surface area contributed by atoms with Gasteiger partial charge in [0.2, 0.25) is 5.91 Å². The average Bonchev–Trinajstić information content (AvgIpc) is 2.56. The predicted octanol–water partition coefficient (Wildman–Crippen LogP) is 0.849. The summed E-state index contributed by atoms with van der Waals surface area (Å²) in [5, 5.41) is 0.875. The Hall–Kier alpha value is -0.130. The van der Waals surface area contributed by atoms with Crippen LogP contribution in [-0.4, -0.2) is 49.7 Å². The van der Waals surface area contributed by atoms with Crippen molar-refractivity contribution in [3.8, 4) is 0 Å². The quantitative estimate of drug-likeness (QED) is 0.547. The number of hydrogen-bond acceptors (Lipinski definition) is 3. The molecule has 0 aromatic carbocycles. The van der Waals surface area contributed by atoms with E-state index in [0.717, 1.165) is 11.9 Å². The van der Waals surface area contributed by atoms with Crippen LogP contribution in [-0.2, 0) is 14.3 Å². The molecule has 4 nitrogen and oxygen atoms in total. The van der Waals surface area contributed by atoms with Gasteiger partial charge in [-0.15, -0.1) is 0 Å². The Morgan fingerprint density at radius 3 is 2.64 bits per heavy atom. The molecule has 14 heavy (non-hydrogen) atoms. The van der Waals surface area contributed by atoms with Crippen molar-refractivity contribution < 1.29 is 14.3 Å². The Morgan fingerprint density at radius 1 is 1.57 bits per heavy atom. The van der Waals surface area contributed by atoms with Crippen LogP contribution in [0.25, 0.3) is 0 Å². The molecule has 5 heteroatoms. The summed E-state index contributed by atoms with van der Waals surface area (Å²) >= 11 is 3.39. The lowest BCUT2D eigenvalue weighted by atomic mass is 10.2. The van der Waals surface area contributed by atoms with Gasteiger partial charge in [0.15, 0.2) is 6.29 Å². The number of rotatable bonds is 5. The minimum atomic E-state index is -0.312. The van der Waals surface area contributed by atoms with E-state index in [-0.39, 0.29) is 12.2 Å². The van der Waals surface area contributed by atoms with Crippen molar-refractivity contribution in [2.75, 3.05) is 32.6 Å². The van der Waals surface area contributed by atoms with Crippen LogP contribution in [0.4, 0.5) is 0 Å². The number of carbonyl (C=O) groups is 1. The van der Waals surface area contributed by atoms with E-state index in [4.69, 9.17) is 9.47 Å². The van der Waals surface area contributed by atoms with Gasteiger partial charge in [-0.2, -0.15) is 0 Å². The highest BCUT2D eigenvalue weighted by molar-refractivity contribution is 9.09. The van der Waals surface area contributed by atoms with Gasteiger partial charge in [-0.25, -0.2) is 0 Å². The topological polar surface area (TPSA) is 38.8 Å². The monoisotopic (exact) mass is 265 g/mol. The average molecular weight is 266 g/mol. The fourth-order valence-electron chi connectivity index (χ4n) is 1.56. The number of amides is 1. The zero-order valence-electron chi connectivity index (χ0n) is 8.53. The fourth-order valence-corrected chi connectivity index (χ4v) is 1.99. The highest BCUT2D eigenvalue weighted by Crippen LogP contribution is 2.19. The van der Waals surface area contributed by atoms with Crippen LogP contribution in [0, 0.1) is 5.92 Å². The molecule has 0 aromatic heterocycles. The van der Waals surface area contributed by atoms with E-state index in [0.29, 0.717) is 18.9 Å². The first-order chi connectivity index (χ1) is 6.71. The van der Waals surface area contributed by atoms with Gasteiger partial charge in [0, 0.05) is 32.5 Å². The molecule has 1 unspecified atom stereocenters. The molecule has 0 saturated carbocycles. The second-order valence-corrected chi connectivity index (χ2v) is 4.07. The molecule has 1 heterocycles. The van der Waals surface area contributed by atoms with Gasteiger partial charge in [-0.3, -0.25) is 4.79 Å². The summed E-state index contributed by atoms with van der Waals surface area (Å²) in [5.74, 6) is 0.616. The van der Waals surface area contributed by atoms with Gasteiger partial charge in [0.25, 0.3) is 0 Å². The van der Waals surface area contributed by atoms with E-state index >= 15 is 0 Å². The molecule has 1 fully saturated rings. The molecule has 82 valence electrons. The SMILES string of the molecule is COC(CN1CC(CBr)CC1=O)OC. The second-order valence-electron chi connectivity index (χ2n) is 3.42. The van der Waals surface area contributed by atoms with Crippen LogP contribution >= 0.6 is 15.9 Å². The van der Waals surface area contributed by atoms with Crippen LogP contribution in [0.3, 0.4) is 0 Å². The third-order valence-corrected chi connectivity index (χ3v) is 3.32. The molecule has 0 radical (unpaired) electrons. The number of likely N-dealkylation sites (tertiary alicyclic amines) is 1. The standard InChI is InChI=1S/C9H16BrNO3/c1-13-9(14-2)6-11-5-7(4-10)3-8(11)12/h7,9H,3-6H2,1-2H3. The normalized spacial score (nSPS) is 22.4. The van der Waals surface area contributed by atoms with Crippen LogP contribution in [0.1, 0.15) is 6.42 Å². The van der Waals surface area contributed by atoms with Gasteiger partial charge < -0.3 is 14.4 Å². The molecule has 0 spiro atoms. The molecule has 1 saturated heterocycles. The number of methoxy groups -OCH3 is 2. The second kappa shape index (κ2) is 5.68. The number of ether oxygens (including phenoxy) is 2. The summed E-state index contributed by atoms with van der Waals surface area (Å²) in [6.07, 6.45) is 0.318. The van der Waals surface area contributed by atoms with Crippen molar-refractivity contribution in [2.45, 2.75) is 12.7 Å². The zero-order valence-corrected chi connectivity index (χ0v) is 10.1. The van der Waals surface area contributed by atoms with E-state index in [1.165, 1.54) is 0 Å².